The standard InChI is InChI=1S/C15H14N6O2/c1-8(22)9-2-4-10(5-3-9)17-6-11-7-18-13-12(19-11)14(23)21-15(16)20-13/h2-5,7,17,22H,1,6H2,(H3,16,18,20,21,23). The number of H-pyrrole nitrogens is 1. The van der Waals surface area contributed by atoms with Crippen molar-refractivity contribution >= 4 is 28.6 Å². The Morgan fingerprint density at radius 1 is 1.30 bits per heavy atom. The summed E-state index contributed by atoms with van der Waals surface area (Å²) < 4.78 is 0. The minimum absolute atomic E-state index is 0.00763. The van der Waals surface area contributed by atoms with Gasteiger partial charge in [-0.3, -0.25) is 9.78 Å². The van der Waals surface area contributed by atoms with Gasteiger partial charge in [0.25, 0.3) is 5.56 Å². The third kappa shape index (κ3) is 3.10. The van der Waals surface area contributed by atoms with Crippen LogP contribution in [0, 0.1) is 0 Å². The lowest BCUT2D eigenvalue weighted by atomic mass is 10.2. The van der Waals surface area contributed by atoms with Crippen molar-refractivity contribution in [3.63, 3.8) is 0 Å². The van der Waals surface area contributed by atoms with Gasteiger partial charge in [0.1, 0.15) is 5.76 Å². The highest BCUT2D eigenvalue weighted by Crippen LogP contribution is 2.14. The Morgan fingerprint density at radius 3 is 2.74 bits per heavy atom. The molecule has 0 spiro atoms. The summed E-state index contributed by atoms with van der Waals surface area (Å²) >= 11 is 0. The summed E-state index contributed by atoms with van der Waals surface area (Å²) in [7, 11) is 0. The maximum absolute atomic E-state index is 11.8. The summed E-state index contributed by atoms with van der Waals surface area (Å²) in [6.45, 7) is 3.84. The number of aromatic nitrogens is 4. The SMILES string of the molecule is C=C(O)c1ccc(NCc2cnc3nc(N)[nH]c(=O)c3n2)cc1. The molecule has 1 aromatic carbocycles. The molecular formula is C15H14N6O2. The first-order chi connectivity index (χ1) is 11.0. The third-order valence-corrected chi connectivity index (χ3v) is 3.18. The van der Waals surface area contributed by atoms with Crippen molar-refractivity contribution in [2.75, 3.05) is 11.1 Å². The van der Waals surface area contributed by atoms with Crippen LogP contribution >= 0.6 is 0 Å². The summed E-state index contributed by atoms with van der Waals surface area (Å²) in [6.07, 6.45) is 1.53. The molecule has 5 N–H and O–H groups in total. The van der Waals surface area contributed by atoms with Gasteiger partial charge in [0, 0.05) is 11.3 Å². The van der Waals surface area contributed by atoms with E-state index in [1.165, 1.54) is 6.20 Å². The Morgan fingerprint density at radius 2 is 2.04 bits per heavy atom. The van der Waals surface area contributed by atoms with Crippen molar-refractivity contribution in [3.05, 3.63) is 58.7 Å². The number of rotatable bonds is 4. The lowest BCUT2D eigenvalue weighted by Crippen LogP contribution is -2.15. The van der Waals surface area contributed by atoms with Gasteiger partial charge in [-0.25, -0.2) is 9.97 Å². The van der Waals surface area contributed by atoms with E-state index in [4.69, 9.17) is 5.73 Å². The fourth-order valence-corrected chi connectivity index (χ4v) is 2.03. The molecule has 116 valence electrons. The number of aliphatic hydroxyl groups excluding tert-OH is 1. The first kappa shape index (κ1) is 14.5. The maximum atomic E-state index is 11.8. The van der Waals surface area contributed by atoms with Crippen LogP contribution in [0.2, 0.25) is 0 Å². The third-order valence-electron chi connectivity index (χ3n) is 3.18. The molecular weight excluding hydrogens is 296 g/mol. The monoisotopic (exact) mass is 310 g/mol. The maximum Gasteiger partial charge on any atom is 0.280 e. The Bertz CT molecular complexity index is 933. The molecule has 2 aromatic heterocycles. The van der Waals surface area contributed by atoms with Gasteiger partial charge in [-0.05, 0) is 24.3 Å². The quantitative estimate of drug-likeness (QED) is 0.536. The van der Waals surface area contributed by atoms with E-state index >= 15 is 0 Å². The summed E-state index contributed by atoms with van der Waals surface area (Å²) in [5.74, 6) is 0.0242. The van der Waals surface area contributed by atoms with E-state index in [2.05, 4.69) is 31.8 Å². The van der Waals surface area contributed by atoms with Gasteiger partial charge in [-0.15, -0.1) is 0 Å². The number of fused-ring (bicyclic) bond motifs is 1. The molecule has 0 aliphatic rings. The van der Waals surface area contributed by atoms with Crippen LogP contribution in [0.1, 0.15) is 11.3 Å². The van der Waals surface area contributed by atoms with Crippen molar-refractivity contribution in [2.45, 2.75) is 6.54 Å². The Hall–Kier alpha value is -3.42. The molecule has 3 rings (SSSR count). The minimum atomic E-state index is -0.423. The molecule has 0 bridgehead atoms. The van der Waals surface area contributed by atoms with Gasteiger partial charge in [0.2, 0.25) is 5.95 Å². The molecule has 23 heavy (non-hydrogen) atoms. The van der Waals surface area contributed by atoms with Gasteiger partial charge < -0.3 is 16.2 Å². The van der Waals surface area contributed by atoms with E-state index in [0.717, 1.165) is 5.69 Å². The van der Waals surface area contributed by atoms with Crippen LogP contribution in [0.4, 0.5) is 11.6 Å². The molecule has 0 saturated heterocycles. The summed E-state index contributed by atoms with van der Waals surface area (Å²) in [4.78, 5) is 26.4. The molecule has 0 atom stereocenters. The average Bonchev–Trinajstić information content (AvgIpc) is 2.53. The molecule has 0 fully saturated rings. The van der Waals surface area contributed by atoms with E-state index in [0.29, 0.717) is 17.8 Å². The van der Waals surface area contributed by atoms with Gasteiger partial charge in [-0.2, -0.15) is 4.98 Å². The fraction of sp³-hybridized carbons (Fsp3) is 0.0667. The average molecular weight is 310 g/mol. The van der Waals surface area contributed by atoms with Crippen molar-refractivity contribution in [1.82, 2.24) is 19.9 Å². The lowest BCUT2D eigenvalue weighted by Gasteiger charge is -2.07. The molecule has 0 aliphatic heterocycles. The zero-order valence-corrected chi connectivity index (χ0v) is 12.1. The zero-order valence-electron chi connectivity index (χ0n) is 12.1. The van der Waals surface area contributed by atoms with Crippen LogP contribution in [0.25, 0.3) is 16.9 Å². The number of nitrogens with two attached hydrogens (primary N) is 1. The number of aliphatic hydroxyl groups is 1. The van der Waals surface area contributed by atoms with Crippen LogP contribution in [0.3, 0.4) is 0 Å². The second kappa shape index (κ2) is 5.76. The molecule has 2 heterocycles. The summed E-state index contributed by atoms with van der Waals surface area (Å²) in [6, 6.07) is 7.10. The van der Waals surface area contributed by atoms with Crippen LogP contribution in [0.15, 0.2) is 41.8 Å². The first-order valence-electron chi connectivity index (χ1n) is 6.76. The van der Waals surface area contributed by atoms with Crippen molar-refractivity contribution < 1.29 is 5.11 Å². The highest BCUT2D eigenvalue weighted by molar-refractivity contribution is 5.69. The molecule has 3 aromatic rings. The lowest BCUT2D eigenvalue weighted by molar-refractivity contribution is 0.514. The number of hydrogen-bond donors (Lipinski definition) is 4. The van der Waals surface area contributed by atoms with Crippen LogP contribution in [-0.2, 0) is 6.54 Å². The molecule has 0 aliphatic carbocycles. The predicted molar refractivity (Wildman–Crippen MR) is 87.8 cm³/mol. The van der Waals surface area contributed by atoms with Crippen LogP contribution in [0.5, 0.6) is 0 Å². The van der Waals surface area contributed by atoms with E-state index in [1.54, 1.807) is 24.3 Å². The molecule has 8 nitrogen and oxygen atoms in total. The Kier molecular flexibility index (Phi) is 3.63. The second-order valence-electron chi connectivity index (χ2n) is 4.86. The fourth-order valence-electron chi connectivity index (χ4n) is 2.03. The molecule has 0 radical (unpaired) electrons. The normalized spacial score (nSPS) is 10.6. The second-order valence-corrected chi connectivity index (χ2v) is 4.86. The number of benzene rings is 1. The Labute approximate surface area is 130 Å². The molecule has 0 amide bonds. The largest absolute Gasteiger partial charge is 0.508 e. The zero-order chi connectivity index (χ0) is 16.4. The van der Waals surface area contributed by atoms with Gasteiger partial charge in [-0.1, -0.05) is 6.58 Å². The van der Waals surface area contributed by atoms with E-state index in [-0.39, 0.29) is 22.9 Å². The van der Waals surface area contributed by atoms with Gasteiger partial charge >= 0.3 is 0 Å². The number of nitrogen functional groups attached to an aromatic ring is 1. The number of hydrogen-bond acceptors (Lipinski definition) is 7. The topological polar surface area (TPSA) is 130 Å². The Balaban J connectivity index is 1.79. The number of anilines is 2. The number of nitrogens with one attached hydrogen (secondary N) is 2. The summed E-state index contributed by atoms with van der Waals surface area (Å²) in [5.41, 5.74) is 7.46. The van der Waals surface area contributed by atoms with E-state index in [1.807, 2.05) is 0 Å². The van der Waals surface area contributed by atoms with E-state index < -0.39 is 5.56 Å². The van der Waals surface area contributed by atoms with E-state index in [9.17, 15) is 9.90 Å². The van der Waals surface area contributed by atoms with Crippen molar-refractivity contribution in [1.29, 1.82) is 0 Å². The first-order valence-corrected chi connectivity index (χ1v) is 6.76. The number of aromatic amines is 1. The molecule has 0 unspecified atom stereocenters. The highest BCUT2D eigenvalue weighted by Gasteiger charge is 2.06. The molecule has 0 saturated carbocycles. The van der Waals surface area contributed by atoms with Gasteiger partial charge in [0.05, 0.1) is 18.4 Å². The van der Waals surface area contributed by atoms with Crippen molar-refractivity contribution in [3.8, 4) is 0 Å². The van der Waals surface area contributed by atoms with Crippen LogP contribution < -0.4 is 16.6 Å². The number of nitrogens with zero attached hydrogens (tertiary/aromatic N) is 3. The summed E-state index contributed by atoms with van der Waals surface area (Å²) in [5, 5.41) is 12.4. The molecule has 8 heteroatoms. The smallest absolute Gasteiger partial charge is 0.280 e. The van der Waals surface area contributed by atoms with Gasteiger partial charge in [0.15, 0.2) is 11.2 Å². The van der Waals surface area contributed by atoms with Crippen molar-refractivity contribution in [2.24, 2.45) is 0 Å². The minimum Gasteiger partial charge on any atom is -0.508 e. The highest BCUT2D eigenvalue weighted by atomic mass is 16.3. The predicted octanol–water partition coefficient (Wildman–Crippen LogP) is 1.44. The van der Waals surface area contributed by atoms with Crippen LogP contribution in [-0.4, -0.2) is 25.0 Å².